The molecule has 0 spiro atoms. The van der Waals surface area contributed by atoms with Crippen molar-refractivity contribution in [3.63, 3.8) is 0 Å². The molecular weight excluding hydrogens is 110 g/mol. The average Bonchev–Trinajstić information content (AvgIpc) is 2.63. The summed E-state index contributed by atoms with van der Waals surface area (Å²) in [5, 5.41) is 8.27. The van der Waals surface area contributed by atoms with Crippen molar-refractivity contribution in [2.45, 2.75) is 32.6 Å². The predicted octanol–water partition coefficient (Wildman–Crippen LogP) is 2.34. The van der Waals surface area contributed by atoms with Gasteiger partial charge >= 0.3 is 0 Å². The van der Waals surface area contributed by atoms with E-state index in [1.807, 2.05) is 0 Å². The van der Waals surface area contributed by atoms with E-state index in [9.17, 15) is 0 Å². The standard InChI is InChI=1S/C8H13N/c1-7(3-2-6-9)8-4-5-8/h7-8H,2-5H2,1H3. The second kappa shape index (κ2) is 2.87. The maximum Gasteiger partial charge on any atom is 0.0621 e. The molecule has 0 bridgehead atoms. The van der Waals surface area contributed by atoms with Crippen LogP contribution in [0.3, 0.4) is 0 Å². The van der Waals surface area contributed by atoms with Gasteiger partial charge < -0.3 is 0 Å². The first-order chi connectivity index (χ1) is 4.34. The van der Waals surface area contributed by atoms with Crippen LogP contribution in [0.25, 0.3) is 0 Å². The molecule has 1 aliphatic carbocycles. The van der Waals surface area contributed by atoms with Gasteiger partial charge in [0.1, 0.15) is 0 Å². The van der Waals surface area contributed by atoms with Gasteiger partial charge in [-0.15, -0.1) is 0 Å². The number of rotatable bonds is 3. The van der Waals surface area contributed by atoms with Gasteiger partial charge in [0.25, 0.3) is 0 Å². The summed E-state index contributed by atoms with van der Waals surface area (Å²) in [7, 11) is 0. The normalized spacial score (nSPS) is 20.9. The van der Waals surface area contributed by atoms with Gasteiger partial charge in [0, 0.05) is 6.42 Å². The molecule has 1 aliphatic rings. The summed E-state index contributed by atoms with van der Waals surface area (Å²) in [6, 6.07) is 2.18. The van der Waals surface area contributed by atoms with Crippen LogP contribution in [0.2, 0.25) is 0 Å². The summed E-state index contributed by atoms with van der Waals surface area (Å²) in [5.41, 5.74) is 0. The lowest BCUT2D eigenvalue weighted by Gasteiger charge is -2.04. The number of hydrogen-bond acceptors (Lipinski definition) is 1. The van der Waals surface area contributed by atoms with Crippen molar-refractivity contribution in [2.75, 3.05) is 0 Å². The van der Waals surface area contributed by atoms with Crippen LogP contribution in [0, 0.1) is 23.2 Å². The fraction of sp³-hybridized carbons (Fsp3) is 0.875. The first-order valence-corrected chi connectivity index (χ1v) is 3.71. The zero-order valence-electron chi connectivity index (χ0n) is 5.93. The van der Waals surface area contributed by atoms with E-state index < -0.39 is 0 Å². The van der Waals surface area contributed by atoms with E-state index in [-0.39, 0.29) is 0 Å². The fourth-order valence-electron chi connectivity index (χ4n) is 1.19. The molecule has 1 saturated carbocycles. The smallest absolute Gasteiger partial charge is 0.0621 e. The summed E-state index contributed by atoms with van der Waals surface area (Å²) in [6.07, 6.45) is 4.68. The minimum Gasteiger partial charge on any atom is -0.198 e. The van der Waals surface area contributed by atoms with Crippen molar-refractivity contribution in [2.24, 2.45) is 11.8 Å². The van der Waals surface area contributed by atoms with Gasteiger partial charge in [0.05, 0.1) is 6.07 Å². The SMILES string of the molecule is CC(CCC#N)C1CC1. The first-order valence-electron chi connectivity index (χ1n) is 3.71. The highest BCUT2D eigenvalue weighted by atomic mass is 14.3. The molecule has 0 amide bonds. The Morgan fingerprint density at radius 2 is 2.33 bits per heavy atom. The van der Waals surface area contributed by atoms with Crippen molar-refractivity contribution in [1.82, 2.24) is 0 Å². The molecule has 1 heteroatoms. The molecule has 0 aliphatic heterocycles. The second-order valence-electron chi connectivity index (χ2n) is 3.01. The molecule has 0 aromatic heterocycles. The lowest BCUT2D eigenvalue weighted by Crippen LogP contribution is -1.94. The van der Waals surface area contributed by atoms with Crippen molar-refractivity contribution >= 4 is 0 Å². The van der Waals surface area contributed by atoms with Crippen LogP contribution in [-0.2, 0) is 0 Å². The first kappa shape index (κ1) is 6.61. The Balaban J connectivity index is 2.04. The molecule has 1 fully saturated rings. The van der Waals surface area contributed by atoms with Gasteiger partial charge in [-0.3, -0.25) is 0 Å². The largest absolute Gasteiger partial charge is 0.198 e. The monoisotopic (exact) mass is 123 g/mol. The zero-order valence-corrected chi connectivity index (χ0v) is 5.93. The summed E-state index contributed by atoms with van der Waals surface area (Å²) in [6.45, 7) is 2.26. The van der Waals surface area contributed by atoms with Crippen molar-refractivity contribution in [1.29, 1.82) is 5.26 Å². The summed E-state index contributed by atoms with van der Waals surface area (Å²) in [5.74, 6) is 1.78. The molecule has 0 radical (unpaired) electrons. The van der Waals surface area contributed by atoms with Crippen molar-refractivity contribution in [3.8, 4) is 6.07 Å². The summed E-state index contributed by atoms with van der Waals surface area (Å²) >= 11 is 0. The third kappa shape index (κ3) is 2.05. The van der Waals surface area contributed by atoms with Crippen LogP contribution >= 0.6 is 0 Å². The second-order valence-corrected chi connectivity index (χ2v) is 3.01. The molecular formula is C8H13N. The summed E-state index contributed by atoms with van der Waals surface area (Å²) in [4.78, 5) is 0. The molecule has 50 valence electrons. The summed E-state index contributed by atoms with van der Waals surface area (Å²) < 4.78 is 0. The molecule has 1 nitrogen and oxygen atoms in total. The molecule has 0 heterocycles. The van der Waals surface area contributed by atoms with Gasteiger partial charge in [-0.25, -0.2) is 0 Å². The third-order valence-electron chi connectivity index (χ3n) is 2.14. The number of nitriles is 1. The zero-order chi connectivity index (χ0) is 6.69. The molecule has 1 rings (SSSR count). The Kier molecular flexibility index (Phi) is 2.10. The van der Waals surface area contributed by atoms with E-state index in [2.05, 4.69) is 13.0 Å². The van der Waals surface area contributed by atoms with E-state index in [0.717, 1.165) is 24.7 Å². The van der Waals surface area contributed by atoms with Crippen molar-refractivity contribution < 1.29 is 0 Å². The topological polar surface area (TPSA) is 23.8 Å². The van der Waals surface area contributed by atoms with E-state index in [1.54, 1.807) is 0 Å². The van der Waals surface area contributed by atoms with Crippen molar-refractivity contribution in [3.05, 3.63) is 0 Å². The third-order valence-corrected chi connectivity index (χ3v) is 2.14. The lowest BCUT2D eigenvalue weighted by atomic mass is 10.0. The molecule has 9 heavy (non-hydrogen) atoms. The van der Waals surface area contributed by atoms with Gasteiger partial charge in [-0.1, -0.05) is 6.92 Å². The number of nitrogens with zero attached hydrogens (tertiary/aromatic N) is 1. The Morgan fingerprint density at radius 1 is 1.67 bits per heavy atom. The van der Waals surface area contributed by atoms with Crippen LogP contribution in [0.15, 0.2) is 0 Å². The Morgan fingerprint density at radius 3 is 2.78 bits per heavy atom. The quantitative estimate of drug-likeness (QED) is 0.565. The van der Waals surface area contributed by atoms with E-state index in [4.69, 9.17) is 5.26 Å². The van der Waals surface area contributed by atoms with E-state index >= 15 is 0 Å². The molecule has 1 unspecified atom stereocenters. The Bertz CT molecular complexity index is 119. The predicted molar refractivity (Wildman–Crippen MR) is 36.7 cm³/mol. The minimum atomic E-state index is 0.748. The minimum absolute atomic E-state index is 0.748. The molecule has 0 aromatic carbocycles. The average molecular weight is 123 g/mol. The lowest BCUT2D eigenvalue weighted by molar-refractivity contribution is 0.476. The van der Waals surface area contributed by atoms with Crippen LogP contribution < -0.4 is 0 Å². The highest BCUT2D eigenvalue weighted by Crippen LogP contribution is 2.38. The Hall–Kier alpha value is -0.510. The maximum atomic E-state index is 8.27. The van der Waals surface area contributed by atoms with Crippen LogP contribution in [0.1, 0.15) is 32.6 Å². The fourth-order valence-corrected chi connectivity index (χ4v) is 1.19. The molecule has 1 atom stereocenters. The highest BCUT2D eigenvalue weighted by Gasteiger charge is 2.26. The van der Waals surface area contributed by atoms with E-state index in [1.165, 1.54) is 12.8 Å². The van der Waals surface area contributed by atoms with Gasteiger partial charge in [-0.2, -0.15) is 5.26 Å². The number of hydrogen-bond donors (Lipinski definition) is 0. The maximum absolute atomic E-state index is 8.27. The molecule has 0 N–H and O–H groups in total. The van der Waals surface area contributed by atoms with Crippen LogP contribution in [0.5, 0.6) is 0 Å². The molecule has 0 aromatic rings. The van der Waals surface area contributed by atoms with Gasteiger partial charge in [-0.05, 0) is 31.1 Å². The Labute approximate surface area is 56.7 Å². The van der Waals surface area contributed by atoms with Crippen LogP contribution in [0.4, 0.5) is 0 Å². The van der Waals surface area contributed by atoms with Gasteiger partial charge in [0.2, 0.25) is 0 Å². The highest BCUT2D eigenvalue weighted by molar-refractivity contribution is 4.81. The van der Waals surface area contributed by atoms with Gasteiger partial charge in [0.15, 0.2) is 0 Å². The van der Waals surface area contributed by atoms with E-state index in [0.29, 0.717) is 0 Å². The molecule has 0 saturated heterocycles. The van der Waals surface area contributed by atoms with Crippen LogP contribution in [-0.4, -0.2) is 0 Å².